The Hall–Kier alpha value is -0.570. The minimum absolute atomic E-state index is 0.322. The van der Waals surface area contributed by atoms with E-state index < -0.39 is 0 Å². The van der Waals surface area contributed by atoms with Gasteiger partial charge in [0.1, 0.15) is 0 Å². The lowest BCUT2D eigenvalue weighted by molar-refractivity contribution is -0.0704. The van der Waals surface area contributed by atoms with E-state index >= 15 is 0 Å². The molecule has 1 aromatic carbocycles. The Morgan fingerprint density at radius 2 is 2.00 bits per heavy atom. The third-order valence-corrected chi connectivity index (χ3v) is 3.03. The van der Waals surface area contributed by atoms with Crippen LogP contribution in [0.15, 0.2) is 24.3 Å². The molecule has 1 aromatic rings. The average molecular weight is 240 g/mol. The zero-order chi connectivity index (χ0) is 11.5. The molecule has 0 N–H and O–H groups in total. The van der Waals surface area contributed by atoms with Crippen LogP contribution < -0.4 is 0 Å². The van der Waals surface area contributed by atoms with E-state index in [9.17, 15) is 0 Å². The molecule has 1 fully saturated rings. The molecule has 1 heterocycles. The quantitative estimate of drug-likeness (QED) is 0.787. The van der Waals surface area contributed by atoms with Crippen LogP contribution in [0.5, 0.6) is 0 Å². The smallest absolute Gasteiger partial charge is 0.0678 e. The molecule has 0 spiro atoms. The molecule has 3 heteroatoms. The van der Waals surface area contributed by atoms with Gasteiger partial charge in [0, 0.05) is 24.7 Å². The number of halogens is 1. The van der Waals surface area contributed by atoms with Crippen LogP contribution in [0.1, 0.15) is 19.4 Å². The summed E-state index contributed by atoms with van der Waals surface area (Å²) in [5, 5.41) is 0.812. The summed E-state index contributed by atoms with van der Waals surface area (Å²) in [4.78, 5) is 2.42. The molecule has 0 aliphatic carbocycles. The van der Waals surface area contributed by atoms with E-state index in [1.165, 1.54) is 5.56 Å². The van der Waals surface area contributed by atoms with Gasteiger partial charge in [-0.05, 0) is 31.5 Å². The third kappa shape index (κ3) is 3.21. The first-order chi connectivity index (χ1) is 7.63. The molecule has 16 heavy (non-hydrogen) atoms. The van der Waals surface area contributed by atoms with Crippen molar-refractivity contribution in [3.8, 4) is 0 Å². The normalized spacial score (nSPS) is 26.9. The van der Waals surface area contributed by atoms with Crippen molar-refractivity contribution in [1.82, 2.24) is 4.90 Å². The molecule has 0 bridgehead atoms. The van der Waals surface area contributed by atoms with Gasteiger partial charge in [-0.15, -0.1) is 0 Å². The second kappa shape index (κ2) is 5.17. The van der Waals surface area contributed by atoms with E-state index in [1.54, 1.807) is 0 Å². The maximum atomic E-state index is 5.98. The molecule has 0 aromatic heterocycles. The summed E-state index contributed by atoms with van der Waals surface area (Å²) in [7, 11) is 0. The van der Waals surface area contributed by atoms with Gasteiger partial charge in [-0.25, -0.2) is 0 Å². The molecule has 0 radical (unpaired) electrons. The fraction of sp³-hybridized carbons (Fsp3) is 0.538. The van der Waals surface area contributed by atoms with Crippen molar-refractivity contribution in [3.63, 3.8) is 0 Å². The van der Waals surface area contributed by atoms with Gasteiger partial charge in [0.2, 0.25) is 0 Å². The fourth-order valence-electron chi connectivity index (χ4n) is 2.31. The molecule has 2 nitrogen and oxygen atoms in total. The molecule has 0 amide bonds. The fourth-order valence-corrected chi connectivity index (χ4v) is 2.52. The van der Waals surface area contributed by atoms with E-state index in [-0.39, 0.29) is 0 Å². The number of ether oxygens (including phenoxy) is 1. The van der Waals surface area contributed by atoms with Crippen molar-refractivity contribution < 1.29 is 4.74 Å². The summed E-state index contributed by atoms with van der Waals surface area (Å²) in [5.41, 5.74) is 1.27. The topological polar surface area (TPSA) is 12.5 Å². The molecule has 0 unspecified atom stereocenters. The van der Waals surface area contributed by atoms with Gasteiger partial charge in [-0.3, -0.25) is 4.90 Å². The summed E-state index contributed by atoms with van der Waals surface area (Å²) in [5.74, 6) is 0. The Balaban J connectivity index is 1.98. The maximum absolute atomic E-state index is 5.98. The van der Waals surface area contributed by atoms with Crippen LogP contribution in [0.2, 0.25) is 5.02 Å². The van der Waals surface area contributed by atoms with Gasteiger partial charge in [0.05, 0.1) is 12.2 Å². The van der Waals surface area contributed by atoms with Crippen molar-refractivity contribution in [2.45, 2.75) is 32.6 Å². The zero-order valence-corrected chi connectivity index (χ0v) is 10.6. The predicted molar refractivity (Wildman–Crippen MR) is 66.7 cm³/mol. The molecule has 1 saturated heterocycles. The van der Waals surface area contributed by atoms with Crippen LogP contribution >= 0.6 is 11.6 Å². The highest BCUT2D eigenvalue weighted by Crippen LogP contribution is 2.16. The number of hydrogen-bond acceptors (Lipinski definition) is 2. The Morgan fingerprint density at radius 3 is 2.62 bits per heavy atom. The number of benzene rings is 1. The van der Waals surface area contributed by atoms with E-state index in [1.807, 2.05) is 18.2 Å². The molecule has 0 saturated carbocycles. The summed E-state index contributed by atoms with van der Waals surface area (Å²) >= 11 is 5.98. The Kier molecular flexibility index (Phi) is 3.85. The first-order valence-electron chi connectivity index (χ1n) is 5.76. The molecule has 1 aliphatic heterocycles. The Labute approximate surface area is 102 Å². The average Bonchev–Trinajstić information content (AvgIpc) is 2.15. The Morgan fingerprint density at radius 1 is 1.31 bits per heavy atom. The lowest BCUT2D eigenvalue weighted by Gasteiger charge is -2.35. The number of hydrogen-bond donors (Lipinski definition) is 0. The van der Waals surface area contributed by atoms with E-state index in [2.05, 4.69) is 24.8 Å². The predicted octanol–water partition coefficient (Wildman–Crippen LogP) is 2.95. The second-order valence-corrected chi connectivity index (χ2v) is 5.02. The van der Waals surface area contributed by atoms with E-state index in [0.717, 1.165) is 24.7 Å². The highest BCUT2D eigenvalue weighted by Gasteiger charge is 2.21. The molecule has 2 rings (SSSR count). The summed E-state index contributed by atoms with van der Waals surface area (Å²) < 4.78 is 5.71. The van der Waals surface area contributed by atoms with Crippen molar-refractivity contribution >= 4 is 11.6 Å². The van der Waals surface area contributed by atoms with Gasteiger partial charge >= 0.3 is 0 Å². The SMILES string of the molecule is C[C@@H]1CN(Cc2cccc(Cl)c2)C[C@H](C)O1. The largest absolute Gasteiger partial charge is 0.373 e. The van der Waals surface area contributed by atoms with Crippen molar-refractivity contribution in [1.29, 1.82) is 0 Å². The van der Waals surface area contributed by atoms with Crippen LogP contribution in [0.4, 0.5) is 0 Å². The van der Waals surface area contributed by atoms with Crippen LogP contribution in [0.25, 0.3) is 0 Å². The van der Waals surface area contributed by atoms with Crippen LogP contribution in [0.3, 0.4) is 0 Å². The van der Waals surface area contributed by atoms with Gasteiger partial charge in [-0.1, -0.05) is 23.7 Å². The summed E-state index contributed by atoms with van der Waals surface area (Å²) in [6, 6.07) is 8.07. The maximum Gasteiger partial charge on any atom is 0.0678 e. The van der Waals surface area contributed by atoms with Gasteiger partial charge in [-0.2, -0.15) is 0 Å². The number of rotatable bonds is 2. The minimum Gasteiger partial charge on any atom is -0.373 e. The van der Waals surface area contributed by atoms with Crippen molar-refractivity contribution in [2.24, 2.45) is 0 Å². The lowest BCUT2D eigenvalue weighted by Crippen LogP contribution is -2.44. The summed E-state index contributed by atoms with van der Waals surface area (Å²) in [6.45, 7) is 7.20. The monoisotopic (exact) mass is 239 g/mol. The highest BCUT2D eigenvalue weighted by molar-refractivity contribution is 6.30. The van der Waals surface area contributed by atoms with Gasteiger partial charge in [0.25, 0.3) is 0 Å². The molecular weight excluding hydrogens is 222 g/mol. The first kappa shape index (κ1) is 11.9. The number of morpholine rings is 1. The van der Waals surface area contributed by atoms with Crippen LogP contribution in [-0.2, 0) is 11.3 Å². The third-order valence-electron chi connectivity index (χ3n) is 2.79. The zero-order valence-electron chi connectivity index (χ0n) is 9.82. The van der Waals surface area contributed by atoms with Crippen LogP contribution in [0, 0.1) is 0 Å². The minimum atomic E-state index is 0.322. The molecular formula is C13H18ClNO. The summed E-state index contributed by atoms with van der Waals surface area (Å²) in [6.07, 6.45) is 0.644. The molecule has 1 aliphatic rings. The van der Waals surface area contributed by atoms with Gasteiger partial charge in [0.15, 0.2) is 0 Å². The Bertz CT molecular complexity index is 346. The van der Waals surface area contributed by atoms with Crippen LogP contribution in [-0.4, -0.2) is 30.2 Å². The van der Waals surface area contributed by atoms with E-state index in [4.69, 9.17) is 16.3 Å². The van der Waals surface area contributed by atoms with Crippen molar-refractivity contribution in [3.05, 3.63) is 34.9 Å². The second-order valence-electron chi connectivity index (χ2n) is 4.58. The lowest BCUT2D eigenvalue weighted by atomic mass is 10.1. The van der Waals surface area contributed by atoms with Gasteiger partial charge < -0.3 is 4.74 Å². The molecule has 88 valence electrons. The standard InChI is InChI=1S/C13H18ClNO/c1-10-7-15(8-11(2)16-10)9-12-4-3-5-13(14)6-12/h3-6,10-11H,7-9H2,1-2H3/t10-,11+. The first-order valence-corrected chi connectivity index (χ1v) is 6.13. The highest BCUT2D eigenvalue weighted by atomic mass is 35.5. The van der Waals surface area contributed by atoms with E-state index in [0.29, 0.717) is 12.2 Å². The van der Waals surface area contributed by atoms with Crippen molar-refractivity contribution in [2.75, 3.05) is 13.1 Å². The molecule has 2 atom stereocenters. The number of nitrogens with zero attached hydrogens (tertiary/aromatic N) is 1.